The molecular weight excluding hydrogens is 178 g/mol. The monoisotopic (exact) mass is 191 g/mol. The number of methoxy groups -OCH3 is 2. The fraction of sp³-hybridized carbons (Fsp3) is 0.273. The van der Waals surface area contributed by atoms with Crippen molar-refractivity contribution in [2.45, 2.75) is 0 Å². The third kappa shape index (κ3) is 1.09. The van der Waals surface area contributed by atoms with E-state index in [-0.39, 0.29) is 0 Å². The Labute approximate surface area is 83.1 Å². The van der Waals surface area contributed by atoms with Crippen molar-refractivity contribution >= 4 is 11.6 Å². The van der Waals surface area contributed by atoms with Crippen molar-refractivity contribution in [2.24, 2.45) is 5.73 Å². The topological polar surface area (TPSA) is 44.5 Å². The molecule has 3 heteroatoms. The van der Waals surface area contributed by atoms with Crippen LogP contribution in [-0.2, 0) is 0 Å². The van der Waals surface area contributed by atoms with E-state index < -0.39 is 0 Å². The average molecular weight is 191 g/mol. The first-order valence-electron chi connectivity index (χ1n) is 4.47. The number of benzene rings is 1. The van der Waals surface area contributed by atoms with Gasteiger partial charge in [-0.1, -0.05) is 0 Å². The van der Waals surface area contributed by atoms with Crippen LogP contribution in [0.25, 0.3) is 11.6 Å². The van der Waals surface area contributed by atoms with Gasteiger partial charge in [-0.3, -0.25) is 0 Å². The Hall–Kier alpha value is -1.48. The second-order valence-electron chi connectivity index (χ2n) is 3.13. The highest BCUT2D eigenvalue weighted by Crippen LogP contribution is 2.43. The average Bonchev–Trinajstić information content (AvgIpc) is 2.19. The normalized spacial score (nSPS) is 12.6. The fourth-order valence-corrected chi connectivity index (χ4v) is 1.73. The molecule has 74 valence electrons. The van der Waals surface area contributed by atoms with Gasteiger partial charge in [-0.25, -0.2) is 0 Å². The molecule has 2 rings (SSSR count). The molecule has 2 N–H and O–H groups in total. The Morgan fingerprint density at radius 2 is 1.79 bits per heavy atom. The molecular formula is C11H13NO2. The van der Waals surface area contributed by atoms with Gasteiger partial charge in [0, 0.05) is 17.7 Å². The van der Waals surface area contributed by atoms with Crippen molar-refractivity contribution in [1.29, 1.82) is 0 Å². The first kappa shape index (κ1) is 9.09. The molecule has 0 aromatic heterocycles. The minimum Gasteiger partial charge on any atom is -0.496 e. The van der Waals surface area contributed by atoms with E-state index in [0.29, 0.717) is 6.54 Å². The third-order valence-corrected chi connectivity index (χ3v) is 2.47. The smallest absolute Gasteiger partial charge is 0.127 e. The van der Waals surface area contributed by atoms with E-state index in [1.54, 1.807) is 14.2 Å². The highest BCUT2D eigenvalue weighted by Gasteiger charge is 2.23. The number of nitrogens with two attached hydrogens (primary N) is 1. The molecule has 0 radical (unpaired) electrons. The van der Waals surface area contributed by atoms with E-state index in [0.717, 1.165) is 28.2 Å². The molecule has 3 nitrogen and oxygen atoms in total. The van der Waals surface area contributed by atoms with Gasteiger partial charge in [0.05, 0.1) is 14.2 Å². The summed E-state index contributed by atoms with van der Waals surface area (Å²) >= 11 is 0. The van der Waals surface area contributed by atoms with Crippen LogP contribution in [0, 0.1) is 0 Å². The SMILES string of the molecule is COc1ccc(OC)c2c1C=C2CN. The Balaban J connectivity index is 2.50. The van der Waals surface area contributed by atoms with Crippen molar-refractivity contribution in [1.82, 2.24) is 0 Å². The largest absolute Gasteiger partial charge is 0.496 e. The van der Waals surface area contributed by atoms with Gasteiger partial charge in [0.2, 0.25) is 0 Å². The molecule has 1 aliphatic rings. The Kier molecular flexibility index (Phi) is 2.17. The lowest BCUT2D eigenvalue weighted by atomic mass is 9.87. The Morgan fingerprint density at radius 3 is 2.36 bits per heavy atom. The second-order valence-corrected chi connectivity index (χ2v) is 3.13. The molecule has 0 spiro atoms. The zero-order valence-corrected chi connectivity index (χ0v) is 8.33. The number of fused-ring (bicyclic) bond motifs is 1. The molecule has 1 aromatic carbocycles. The second kappa shape index (κ2) is 3.35. The zero-order valence-electron chi connectivity index (χ0n) is 8.33. The van der Waals surface area contributed by atoms with E-state index in [4.69, 9.17) is 15.2 Å². The number of hydrogen-bond acceptors (Lipinski definition) is 3. The summed E-state index contributed by atoms with van der Waals surface area (Å²) in [6.07, 6.45) is 2.04. The summed E-state index contributed by atoms with van der Waals surface area (Å²) in [7, 11) is 3.32. The van der Waals surface area contributed by atoms with Crippen molar-refractivity contribution in [3.63, 3.8) is 0 Å². The van der Waals surface area contributed by atoms with Gasteiger partial charge in [-0.15, -0.1) is 0 Å². The maximum Gasteiger partial charge on any atom is 0.127 e. The summed E-state index contributed by atoms with van der Waals surface area (Å²) in [5, 5.41) is 0. The molecule has 0 fully saturated rings. The fourth-order valence-electron chi connectivity index (χ4n) is 1.73. The molecule has 0 heterocycles. The van der Waals surface area contributed by atoms with Crippen LogP contribution in [0.1, 0.15) is 11.1 Å². The van der Waals surface area contributed by atoms with Crippen LogP contribution >= 0.6 is 0 Å². The van der Waals surface area contributed by atoms with E-state index in [9.17, 15) is 0 Å². The van der Waals surface area contributed by atoms with Crippen molar-refractivity contribution < 1.29 is 9.47 Å². The lowest BCUT2D eigenvalue weighted by molar-refractivity contribution is 0.400. The van der Waals surface area contributed by atoms with E-state index in [1.807, 2.05) is 18.2 Å². The van der Waals surface area contributed by atoms with Gasteiger partial charge in [-0.2, -0.15) is 0 Å². The quantitative estimate of drug-likeness (QED) is 0.787. The minimum atomic E-state index is 0.538. The maximum atomic E-state index is 5.60. The summed E-state index contributed by atoms with van der Waals surface area (Å²) in [6, 6.07) is 3.81. The summed E-state index contributed by atoms with van der Waals surface area (Å²) in [6.45, 7) is 0.538. The summed E-state index contributed by atoms with van der Waals surface area (Å²) in [5.41, 5.74) is 8.90. The maximum absolute atomic E-state index is 5.60. The summed E-state index contributed by atoms with van der Waals surface area (Å²) in [5.74, 6) is 1.74. The summed E-state index contributed by atoms with van der Waals surface area (Å²) < 4.78 is 10.5. The van der Waals surface area contributed by atoms with Gasteiger partial charge >= 0.3 is 0 Å². The predicted octanol–water partition coefficient (Wildman–Crippen LogP) is 1.52. The molecule has 0 saturated carbocycles. The first-order valence-corrected chi connectivity index (χ1v) is 4.47. The number of hydrogen-bond donors (Lipinski definition) is 1. The Bertz CT molecular complexity index is 397. The van der Waals surface area contributed by atoms with Crippen LogP contribution in [0.5, 0.6) is 11.5 Å². The molecule has 0 amide bonds. The molecule has 0 unspecified atom stereocenters. The van der Waals surface area contributed by atoms with Gasteiger partial charge < -0.3 is 15.2 Å². The Morgan fingerprint density at radius 1 is 1.14 bits per heavy atom. The predicted molar refractivity (Wildman–Crippen MR) is 56.5 cm³/mol. The van der Waals surface area contributed by atoms with Crippen molar-refractivity contribution in [3.8, 4) is 11.5 Å². The standard InChI is InChI=1S/C11H13NO2/c1-13-9-3-4-10(14-2)11-7(6-12)5-8(9)11/h3-5H,6,12H2,1-2H3. The van der Waals surface area contributed by atoms with Gasteiger partial charge in [-0.05, 0) is 23.8 Å². The zero-order chi connectivity index (χ0) is 10.1. The number of ether oxygens (including phenoxy) is 2. The van der Waals surface area contributed by atoms with Crippen LogP contribution in [0.15, 0.2) is 12.1 Å². The lowest BCUT2D eigenvalue weighted by Gasteiger charge is -2.23. The van der Waals surface area contributed by atoms with E-state index >= 15 is 0 Å². The number of rotatable bonds is 3. The molecule has 0 saturated heterocycles. The van der Waals surface area contributed by atoms with Crippen molar-refractivity contribution in [2.75, 3.05) is 20.8 Å². The van der Waals surface area contributed by atoms with Crippen LogP contribution in [-0.4, -0.2) is 20.8 Å². The van der Waals surface area contributed by atoms with E-state index in [1.165, 1.54) is 0 Å². The highest BCUT2D eigenvalue weighted by atomic mass is 16.5. The van der Waals surface area contributed by atoms with Gasteiger partial charge in [0.25, 0.3) is 0 Å². The first-order chi connectivity index (χ1) is 6.81. The van der Waals surface area contributed by atoms with Crippen LogP contribution in [0.3, 0.4) is 0 Å². The summed E-state index contributed by atoms with van der Waals surface area (Å²) in [4.78, 5) is 0. The molecule has 1 aliphatic carbocycles. The van der Waals surface area contributed by atoms with Gasteiger partial charge in [0.1, 0.15) is 11.5 Å². The van der Waals surface area contributed by atoms with E-state index in [2.05, 4.69) is 0 Å². The molecule has 0 bridgehead atoms. The molecule has 1 aromatic rings. The third-order valence-electron chi connectivity index (χ3n) is 2.47. The van der Waals surface area contributed by atoms with Crippen LogP contribution in [0.4, 0.5) is 0 Å². The highest BCUT2D eigenvalue weighted by molar-refractivity contribution is 6.00. The van der Waals surface area contributed by atoms with Gasteiger partial charge in [0.15, 0.2) is 0 Å². The van der Waals surface area contributed by atoms with Crippen LogP contribution < -0.4 is 15.2 Å². The lowest BCUT2D eigenvalue weighted by Crippen LogP contribution is -2.12. The van der Waals surface area contributed by atoms with Crippen molar-refractivity contribution in [3.05, 3.63) is 23.3 Å². The molecule has 0 atom stereocenters. The molecule has 0 aliphatic heterocycles. The molecule has 14 heavy (non-hydrogen) atoms. The van der Waals surface area contributed by atoms with Crippen LogP contribution in [0.2, 0.25) is 0 Å². The minimum absolute atomic E-state index is 0.538.